The van der Waals surface area contributed by atoms with E-state index in [1.165, 1.54) is 10.6 Å². The molecular formula is C41H39ClNO6P. The number of benzene rings is 5. The number of rotatable bonds is 11. The van der Waals surface area contributed by atoms with Crippen LogP contribution in [0.15, 0.2) is 115 Å². The van der Waals surface area contributed by atoms with E-state index in [0.29, 0.717) is 50.7 Å². The van der Waals surface area contributed by atoms with E-state index >= 15 is 0 Å². The second-order valence-corrected chi connectivity index (χ2v) is 14.9. The maximum absolute atomic E-state index is 14.4. The number of esters is 1. The van der Waals surface area contributed by atoms with Crippen molar-refractivity contribution in [3.05, 3.63) is 121 Å². The molecule has 9 heteroatoms. The van der Waals surface area contributed by atoms with Crippen LogP contribution in [0.2, 0.25) is 0 Å². The van der Waals surface area contributed by atoms with Crippen LogP contribution in [-0.4, -0.2) is 52.7 Å². The first-order chi connectivity index (χ1) is 23.9. The molecule has 0 fully saturated rings. The minimum absolute atomic E-state index is 0. The Labute approximate surface area is 299 Å². The maximum atomic E-state index is 14.4. The molecule has 0 atom stereocenters. The molecule has 6 aromatic rings. The Morgan fingerprint density at radius 3 is 1.78 bits per heavy atom. The van der Waals surface area contributed by atoms with Gasteiger partial charge in [-0.05, 0) is 67.1 Å². The lowest BCUT2D eigenvalue weighted by atomic mass is 9.91. The number of carbonyl (C=O) groups excluding carboxylic acids is 1. The van der Waals surface area contributed by atoms with Crippen molar-refractivity contribution in [3.63, 3.8) is 0 Å². The molecule has 0 aliphatic heterocycles. The van der Waals surface area contributed by atoms with E-state index in [0.717, 1.165) is 16.4 Å². The van der Waals surface area contributed by atoms with Crippen molar-refractivity contribution in [2.24, 2.45) is 0 Å². The maximum Gasteiger partial charge on any atom is 0.341 e. The van der Waals surface area contributed by atoms with Gasteiger partial charge in [-0.1, -0.05) is 54.6 Å². The molecule has 1 heterocycles. The van der Waals surface area contributed by atoms with E-state index < -0.39 is 13.2 Å². The lowest BCUT2D eigenvalue weighted by Crippen LogP contribution is -3.00. The van der Waals surface area contributed by atoms with E-state index in [4.69, 9.17) is 28.7 Å². The van der Waals surface area contributed by atoms with Crippen LogP contribution < -0.4 is 47.3 Å². The van der Waals surface area contributed by atoms with Gasteiger partial charge in [0.2, 0.25) is 0 Å². The Balaban J connectivity index is 0.00000486. The van der Waals surface area contributed by atoms with Gasteiger partial charge >= 0.3 is 5.97 Å². The van der Waals surface area contributed by atoms with Crippen molar-refractivity contribution in [3.8, 4) is 45.4 Å². The first-order valence-electron chi connectivity index (χ1n) is 16.0. The Bertz CT molecular complexity index is 2080. The second-order valence-electron chi connectivity index (χ2n) is 11.4. The Hall–Kier alpha value is -5.10. The van der Waals surface area contributed by atoms with Crippen molar-refractivity contribution in [2.45, 2.75) is 6.92 Å². The summed E-state index contributed by atoms with van der Waals surface area (Å²) in [4.78, 5) is 19.6. The topological polar surface area (TPSA) is 76.1 Å². The SMILES string of the molecule is CCOC(=O)c1c(-c2ccccc2[P+](C)(c2ccccc2)c2ccccc2)nc2cc(OC)c(OC)cc2c1-c1ccc(OC)c(OC)c1.[Cl-]. The number of nitrogens with zero attached hydrogens (tertiary/aromatic N) is 1. The van der Waals surface area contributed by atoms with E-state index in [2.05, 4.69) is 73.4 Å². The third-order valence-electron chi connectivity index (χ3n) is 8.83. The summed E-state index contributed by atoms with van der Waals surface area (Å²) in [5.74, 6) is 1.64. The third kappa shape index (κ3) is 6.47. The van der Waals surface area contributed by atoms with E-state index in [9.17, 15) is 4.79 Å². The zero-order valence-electron chi connectivity index (χ0n) is 28.9. The molecular weight excluding hydrogens is 669 g/mol. The number of aromatic nitrogens is 1. The fourth-order valence-electron chi connectivity index (χ4n) is 6.42. The van der Waals surface area contributed by atoms with Gasteiger partial charge in [0.1, 0.15) is 23.2 Å². The summed E-state index contributed by atoms with van der Waals surface area (Å²) in [6.45, 7) is 4.32. The molecule has 0 spiro atoms. The van der Waals surface area contributed by atoms with Gasteiger partial charge in [-0.25, -0.2) is 9.78 Å². The Morgan fingerprint density at radius 2 is 1.20 bits per heavy atom. The zero-order chi connectivity index (χ0) is 34.5. The van der Waals surface area contributed by atoms with Gasteiger partial charge in [0, 0.05) is 22.6 Å². The molecule has 0 aliphatic carbocycles. The number of carbonyl (C=O) groups is 1. The van der Waals surface area contributed by atoms with Gasteiger partial charge in [-0.2, -0.15) is 0 Å². The van der Waals surface area contributed by atoms with Crippen LogP contribution in [0.25, 0.3) is 33.3 Å². The normalized spacial score (nSPS) is 11.0. The minimum atomic E-state index is -2.27. The van der Waals surface area contributed by atoms with E-state index in [1.807, 2.05) is 48.5 Å². The first kappa shape index (κ1) is 36.2. The largest absolute Gasteiger partial charge is 1.00 e. The monoisotopic (exact) mass is 707 g/mol. The predicted molar refractivity (Wildman–Crippen MR) is 199 cm³/mol. The van der Waals surface area contributed by atoms with Crippen LogP contribution in [-0.2, 0) is 4.74 Å². The number of hydrogen-bond acceptors (Lipinski definition) is 7. The van der Waals surface area contributed by atoms with E-state index in [1.54, 1.807) is 35.4 Å². The van der Waals surface area contributed by atoms with Crippen LogP contribution in [0.4, 0.5) is 0 Å². The number of hydrogen-bond donors (Lipinski definition) is 0. The quantitative estimate of drug-likeness (QED) is 0.143. The standard InChI is InChI=1S/C41H39NO6P.ClH/c1-7-48-41(43)39-38(27-22-23-33(44-2)34(24-27)45-3)31-25-35(46-4)36(47-5)26-32(31)42-40(39)30-20-14-15-21-37(30)49(6,28-16-10-8-11-17-28)29-18-12-9-13-19-29;/h8-26H,7H2,1-6H3;1H/q+1;/p-1. The number of fused-ring (bicyclic) bond motifs is 1. The van der Waals surface area contributed by atoms with Gasteiger partial charge < -0.3 is 36.1 Å². The summed E-state index contributed by atoms with van der Waals surface area (Å²) in [5.41, 5.74) is 3.68. The highest BCUT2D eigenvalue weighted by molar-refractivity contribution is 7.95. The predicted octanol–water partition coefficient (Wildman–Crippen LogP) is 4.71. The van der Waals surface area contributed by atoms with Crippen molar-refractivity contribution in [1.29, 1.82) is 0 Å². The number of methoxy groups -OCH3 is 4. The molecule has 5 aromatic carbocycles. The lowest BCUT2D eigenvalue weighted by Gasteiger charge is -2.26. The van der Waals surface area contributed by atoms with Crippen LogP contribution in [0.3, 0.4) is 0 Å². The molecule has 0 radical (unpaired) electrons. The number of halogens is 1. The van der Waals surface area contributed by atoms with Crippen LogP contribution >= 0.6 is 7.26 Å². The average molecular weight is 708 g/mol. The minimum Gasteiger partial charge on any atom is -1.00 e. The summed E-state index contributed by atoms with van der Waals surface area (Å²) in [7, 11) is 4.09. The third-order valence-corrected chi connectivity index (χ3v) is 12.8. The summed E-state index contributed by atoms with van der Waals surface area (Å²) < 4.78 is 28.6. The number of ether oxygens (including phenoxy) is 5. The number of pyridine rings is 1. The average Bonchev–Trinajstić information content (AvgIpc) is 3.16. The lowest BCUT2D eigenvalue weighted by molar-refractivity contribution is -0.0000287. The van der Waals surface area contributed by atoms with Crippen LogP contribution in [0, 0.1) is 0 Å². The molecule has 1 aromatic heterocycles. The van der Waals surface area contributed by atoms with E-state index in [-0.39, 0.29) is 19.0 Å². The second kappa shape index (κ2) is 15.6. The first-order valence-corrected chi connectivity index (χ1v) is 18.2. The summed E-state index contributed by atoms with van der Waals surface area (Å²) in [6, 6.07) is 38.7. The summed E-state index contributed by atoms with van der Waals surface area (Å²) in [6.07, 6.45) is 0. The van der Waals surface area contributed by atoms with Gasteiger partial charge in [-0.3, -0.25) is 0 Å². The van der Waals surface area contributed by atoms with Gasteiger partial charge in [-0.15, -0.1) is 0 Å². The van der Waals surface area contributed by atoms with Crippen molar-refractivity contribution in [2.75, 3.05) is 41.7 Å². The van der Waals surface area contributed by atoms with Crippen molar-refractivity contribution in [1.82, 2.24) is 4.98 Å². The fourth-order valence-corrected chi connectivity index (χ4v) is 9.86. The molecule has 50 heavy (non-hydrogen) atoms. The van der Waals surface area contributed by atoms with Crippen LogP contribution in [0.1, 0.15) is 17.3 Å². The highest BCUT2D eigenvalue weighted by Gasteiger charge is 2.43. The zero-order valence-corrected chi connectivity index (χ0v) is 30.5. The highest BCUT2D eigenvalue weighted by atomic mass is 35.5. The fraction of sp³-hybridized carbons (Fsp3) is 0.171. The molecule has 0 amide bonds. The molecule has 0 unspecified atom stereocenters. The smallest absolute Gasteiger partial charge is 0.341 e. The van der Waals surface area contributed by atoms with Gasteiger partial charge in [0.25, 0.3) is 0 Å². The molecule has 0 N–H and O–H groups in total. The Kier molecular flexibility index (Phi) is 11.3. The van der Waals surface area contributed by atoms with Crippen molar-refractivity contribution < 1.29 is 40.9 Å². The summed E-state index contributed by atoms with van der Waals surface area (Å²) in [5, 5.41) is 4.19. The Morgan fingerprint density at radius 1 is 0.660 bits per heavy atom. The molecule has 0 aliphatic rings. The van der Waals surface area contributed by atoms with Gasteiger partial charge in [0.15, 0.2) is 23.0 Å². The molecule has 256 valence electrons. The molecule has 0 saturated heterocycles. The molecule has 7 nitrogen and oxygen atoms in total. The van der Waals surface area contributed by atoms with Crippen LogP contribution in [0.5, 0.6) is 23.0 Å². The molecule has 0 saturated carbocycles. The van der Waals surface area contributed by atoms with Crippen molar-refractivity contribution >= 4 is 40.0 Å². The summed E-state index contributed by atoms with van der Waals surface area (Å²) >= 11 is 0. The molecule has 0 bridgehead atoms. The van der Waals surface area contributed by atoms with Gasteiger partial charge in [0.05, 0.1) is 58.5 Å². The molecule has 6 rings (SSSR count). The highest BCUT2D eigenvalue weighted by Crippen LogP contribution is 2.54.